The number of rotatable bonds is 5. The van der Waals surface area contributed by atoms with Crippen molar-refractivity contribution in [3.05, 3.63) is 58.9 Å². The van der Waals surface area contributed by atoms with E-state index in [-0.39, 0.29) is 4.90 Å². The monoisotopic (exact) mass is 310 g/mol. The van der Waals surface area contributed by atoms with Crippen molar-refractivity contribution in [1.29, 1.82) is 0 Å². The molecule has 0 radical (unpaired) electrons. The molecule has 0 bridgehead atoms. The highest BCUT2D eigenvalue weighted by Gasteiger charge is 2.14. The third-order valence-electron chi connectivity index (χ3n) is 2.85. The van der Waals surface area contributed by atoms with E-state index in [2.05, 4.69) is 9.71 Å². The molecule has 0 saturated heterocycles. The molecule has 20 heavy (non-hydrogen) atoms. The summed E-state index contributed by atoms with van der Waals surface area (Å²) in [4.78, 5) is 4.32. The van der Waals surface area contributed by atoms with Crippen LogP contribution in [0.25, 0.3) is 0 Å². The second-order valence-corrected chi connectivity index (χ2v) is 6.55. The first-order valence-corrected chi connectivity index (χ1v) is 8.01. The fourth-order valence-corrected chi connectivity index (χ4v) is 2.99. The molecular weight excluding hydrogens is 296 g/mol. The molecule has 1 heterocycles. The van der Waals surface area contributed by atoms with Gasteiger partial charge in [-0.25, -0.2) is 13.1 Å². The summed E-state index contributed by atoms with van der Waals surface area (Å²) >= 11 is 5.95. The van der Waals surface area contributed by atoms with Gasteiger partial charge in [-0.15, -0.1) is 0 Å². The van der Waals surface area contributed by atoms with E-state index in [1.165, 1.54) is 6.07 Å². The molecule has 106 valence electrons. The molecule has 0 fully saturated rings. The van der Waals surface area contributed by atoms with E-state index >= 15 is 0 Å². The first-order chi connectivity index (χ1) is 9.49. The molecule has 0 aliphatic rings. The smallest absolute Gasteiger partial charge is 0.240 e. The predicted octanol–water partition coefficient (Wildman–Crippen LogP) is 2.56. The van der Waals surface area contributed by atoms with Crippen LogP contribution in [-0.2, 0) is 16.4 Å². The summed E-state index contributed by atoms with van der Waals surface area (Å²) in [5.74, 6) is 0. The first kappa shape index (κ1) is 15.0. The Morgan fingerprint density at radius 1 is 1.25 bits per heavy atom. The van der Waals surface area contributed by atoms with Crippen molar-refractivity contribution in [3.8, 4) is 0 Å². The van der Waals surface area contributed by atoms with Crippen molar-refractivity contribution in [1.82, 2.24) is 9.71 Å². The highest BCUT2D eigenvalue weighted by atomic mass is 35.5. The SMILES string of the molecule is Cc1ccc(S(=O)(=O)NCCc2ccccn2)cc1Cl. The summed E-state index contributed by atoms with van der Waals surface area (Å²) in [6.45, 7) is 2.12. The Morgan fingerprint density at radius 2 is 2.05 bits per heavy atom. The maximum atomic E-state index is 12.1. The number of nitrogens with zero attached hydrogens (tertiary/aromatic N) is 1. The lowest BCUT2D eigenvalue weighted by Crippen LogP contribution is -2.26. The molecule has 1 aromatic carbocycles. The molecule has 4 nitrogen and oxygen atoms in total. The number of hydrogen-bond donors (Lipinski definition) is 1. The number of hydrogen-bond acceptors (Lipinski definition) is 3. The van der Waals surface area contributed by atoms with E-state index in [0.29, 0.717) is 18.0 Å². The maximum absolute atomic E-state index is 12.1. The van der Waals surface area contributed by atoms with Crippen molar-refractivity contribution >= 4 is 21.6 Å². The summed E-state index contributed by atoms with van der Waals surface area (Å²) in [6, 6.07) is 10.2. The lowest BCUT2D eigenvalue weighted by atomic mass is 10.2. The van der Waals surface area contributed by atoms with Crippen LogP contribution in [0.3, 0.4) is 0 Å². The van der Waals surface area contributed by atoms with Crippen LogP contribution in [0.1, 0.15) is 11.3 Å². The van der Waals surface area contributed by atoms with Gasteiger partial charge in [0.05, 0.1) is 4.90 Å². The average Bonchev–Trinajstić information content (AvgIpc) is 2.43. The molecule has 0 spiro atoms. The van der Waals surface area contributed by atoms with Gasteiger partial charge in [0.25, 0.3) is 0 Å². The topological polar surface area (TPSA) is 59.1 Å². The van der Waals surface area contributed by atoms with Crippen LogP contribution in [-0.4, -0.2) is 19.9 Å². The summed E-state index contributed by atoms with van der Waals surface area (Å²) in [5.41, 5.74) is 1.69. The third kappa shape index (κ3) is 3.79. The number of aryl methyl sites for hydroxylation is 1. The van der Waals surface area contributed by atoms with Gasteiger partial charge in [-0.05, 0) is 36.8 Å². The van der Waals surface area contributed by atoms with Crippen molar-refractivity contribution in [2.45, 2.75) is 18.2 Å². The number of sulfonamides is 1. The molecule has 2 aromatic rings. The number of benzene rings is 1. The number of halogens is 1. The molecule has 0 aliphatic heterocycles. The van der Waals surface area contributed by atoms with Crippen LogP contribution in [0.4, 0.5) is 0 Å². The Bertz CT molecular complexity index is 688. The highest BCUT2D eigenvalue weighted by Crippen LogP contribution is 2.19. The lowest BCUT2D eigenvalue weighted by molar-refractivity contribution is 0.581. The van der Waals surface area contributed by atoms with Crippen LogP contribution in [0.5, 0.6) is 0 Å². The molecule has 0 amide bonds. The maximum Gasteiger partial charge on any atom is 0.240 e. The summed E-state index contributed by atoms with van der Waals surface area (Å²) in [5, 5.41) is 0.442. The second-order valence-electron chi connectivity index (χ2n) is 4.38. The van der Waals surface area contributed by atoms with Crippen LogP contribution in [0.15, 0.2) is 47.5 Å². The van der Waals surface area contributed by atoms with Gasteiger partial charge in [-0.3, -0.25) is 4.98 Å². The number of pyridine rings is 1. The van der Waals surface area contributed by atoms with Gasteiger partial charge in [-0.2, -0.15) is 0 Å². The second kappa shape index (κ2) is 6.35. The van der Waals surface area contributed by atoms with Crippen molar-refractivity contribution in [2.24, 2.45) is 0 Å². The number of nitrogens with one attached hydrogen (secondary N) is 1. The zero-order chi connectivity index (χ0) is 14.6. The van der Waals surface area contributed by atoms with E-state index in [4.69, 9.17) is 11.6 Å². The largest absolute Gasteiger partial charge is 0.261 e. The zero-order valence-corrected chi connectivity index (χ0v) is 12.6. The quantitative estimate of drug-likeness (QED) is 0.923. The minimum Gasteiger partial charge on any atom is -0.261 e. The van der Waals surface area contributed by atoms with Gasteiger partial charge in [0, 0.05) is 29.9 Å². The van der Waals surface area contributed by atoms with E-state index < -0.39 is 10.0 Å². The number of aromatic nitrogens is 1. The fraction of sp³-hybridized carbons (Fsp3) is 0.214. The van der Waals surface area contributed by atoms with E-state index in [1.54, 1.807) is 18.3 Å². The molecule has 0 saturated carbocycles. The van der Waals surface area contributed by atoms with Gasteiger partial charge in [-0.1, -0.05) is 23.7 Å². The van der Waals surface area contributed by atoms with Crippen molar-refractivity contribution in [3.63, 3.8) is 0 Å². The fourth-order valence-electron chi connectivity index (χ4n) is 1.68. The Labute approximate surface area is 123 Å². The average molecular weight is 311 g/mol. The minimum absolute atomic E-state index is 0.175. The predicted molar refractivity (Wildman–Crippen MR) is 79.3 cm³/mol. The van der Waals surface area contributed by atoms with Gasteiger partial charge in [0.2, 0.25) is 10.0 Å². The van der Waals surface area contributed by atoms with E-state index in [1.807, 2.05) is 25.1 Å². The van der Waals surface area contributed by atoms with Gasteiger partial charge >= 0.3 is 0 Å². The Hall–Kier alpha value is -1.43. The summed E-state index contributed by atoms with van der Waals surface area (Å²) < 4.78 is 26.7. The van der Waals surface area contributed by atoms with Crippen LogP contribution in [0, 0.1) is 6.92 Å². The van der Waals surface area contributed by atoms with Gasteiger partial charge < -0.3 is 0 Å². The van der Waals surface area contributed by atoms with Crippen molar-refractivity contribution in [2.75, 3.05) is 6.54 Å². The van der Waals surface area contributed by atoms with Crippen molar-refractivity contribution < 1.29 is 8.42 Å². The van der Waals surface area contributed by atoms with Crippen LogP contribution in [0.2, 0.25) is 5.02 Å². The highest BCUT2D eigenvalue weighted by molar-refractivity contribution is 7.89. The standard InChI is InChI=1S/C14H15ClN2O2S/c1-11-5-6-13(10-14(11)15)20(18,19)17-9-7-12-4-2-3-8-16-12/h2-6,8,10,17H,7,9H2,1H3. The normalized spacial score (nSPS) is 11.5. The molecule has 0 aliphatic carbocycles. The van der Waals surface area contributed by atoms with Crippen LogP contribution < -0.4 is 4.72 Å². The minimum atomic E-state index is -3.53. The molecule has 0 unspecified atom stereocenters. The Morgan fingerprint density at radius 3 is 2.70 bits per heavy atom. The lowest BCUT2D eigenvalue weighted by Gasteiger charge is -2.07. The van der Waals surface area contributed by atoms with Gasteiger partial charge in [0.15, 0.2) is 0 Å². The molecule has 1 aromatic heterocycles. The third-order valence-corrected chi connectivity index (χ3v) is 4.72. The Kier molecular flexibility index (Phi) is 4.75. The molecule has 2 rings (SSSR count). The zero-order valence-electron chi connectivity index (χ0n) is 11.0. The molecular formula is C14H15ClN2O2S. The summed E-state index contributed by atoms with van der Waals surface area (Å²) in [7, 11) is -3.53. The van der Waals surface area contributed by atoms with E-state index in [9.17, 15) is 8.42 Å². The Balaban J connectivity index is 2.02. The molecule has 1 N–H and O–H groups in total. The van der Waals surface area contributed by atoms with Crippen LogP contribution >= 0.6 is 11.6 Å². The van der Waals surface area contributed by atoms with E-state index in [0.717, 1.165) is 11.3 Å². The molecule has 6 heteroatoms. The first-order valence-electron chi connectivity index (χ1n) is 6.15. The molecule has 0 atom stereocenters. The summed E-state index contributed by atoms with van der Waals surface area (Å²) in [6.07, 6.45) is 2.23. The van der Waals surface area contributed by atoms with Gasteiger partial charge in [0.1, 0.15) is 0 Å².